The average molecular weight is 250 g/mol. The van der Waals surface area contributed by atoms with Crippen LogP contribution in [0.4, 0.5) is 13.2 Å². The Morgan fingerprint density at radius 2 is 1.94 bits per heavy atom. The van der Waals surface area contributed by atoms with Gasteiger partial charge in [0.1, 0.15) is 5.56 Å². The Balaban J connectivity index is 3.39. The predicted molar refractivity (Wildman–Crippen MR) is 55.2 cm³/mol. The first kappa shape index (κ1) is 13.6. The number of hydrogen-bond acceptors (Lipinski definition) is 3. The number of phenolic OH excluding ortho intramolecular Hbond substituents is 1. The lowest BCUT2D eigenvalue weighted by atomic mass is 9.98. The third-order valence-corrected chi connectivity index (χ3v) is 2.47. The van der Waals surface area contributed by atoms with Crippen molar-refractivity contribution in [3.63, 3.8) is 0 Å². The molecule has 0 aliphatic rings. The lowest BCUT2D eigenvalue weighted by Crippen LogP contribution is -2.09. The van der Waals surface area contributed by atoms with Crippen LogP contribution in [0.5, 0.6) is 11.5 Å². The molecule has 1 unspecified atom stereocenters. The second-order valence-electron chi connectivity index (χ2n) is 3.70. The zero-order valence-corrected chi connectivity index (χ0v) is 9.38. The van der Waals surface area contributed by atoms with E-state index < -0.39 is 23.4 Å². The first-order valence-electron chi connectivity index (χ1n) is 4.90. The van der Waals surface area contributed by atoms with Crippen molar-refractivity contribution >= 4 is 0 Å². The highest BCUT2D eigenvalue weighted by Gasteiger charge is 2.36. The fourth-order valence-electron chi connectivity index (χ4n) is 1.39. The standard InChI is InChI=1S/C11H13F3O3/c1-6(5-15)7-3-8(11(12,13)14)10(16)9(4-7)17-2/h3-4,6,15-16H,5H2,1-2H3. The molecule has 0 saturated heterocycles. The Bertz CT molecular complexity index is 402. The molecule has 96 valence electrons. The number of phenols is 1. The molecule has 1 aromatic rings. The molecule has 0 amide bonds. The number of aliphatic hydroxyl groups is 1. The molecular formula is C11H13F3O3. The maximum Gasteiger partial charge on any atom is 0.420 e. The van der Waals surface area contributed by atoms with Crippen molar-refractivity contribution in [1.29, 1.82) is 0 Å². The van der Waals surface area contributed by atoms with Gasteiger partial charge in [-0.15, -0.1) is 0 Å². The number of hydrogen-bond donors (Lipinski definition) is 2. The highest BCUT2D eigenvalue weighted by atomic mass is 19.4. The third kappa shape index (κ3) is 2.82. The van der Waals surface area contributed by atoms with E-state index in [0.29, 0.717) is 0 Å². The zero-order valence-electron chi connectivity index (χ0n) is 9.38. The molecule has 0 heterocycles. The lowest BCUT2D eigenvalue weighted by Gasteiger charge is -2.16. The number of methoxy groups -OCH3 is 1. The Morgan fingerprint density at radius 3 is 2.35 bits per heavy atom. The van der Waals surface area contributed by atoms with Gasteiger partial charge in [0.2, 0.25) is 0 Å². The molecule has 1 atom stereocenters. The molecule has 1 aromatic carbocycles. The molecule has 0 aliphatic carbocycles. The van der Waals surface area contributed by atoms with Gasteiger partial charge in [-0.05, 0) is 17.7 Å². The fraction of sp³-hybridized carbons (Fsp3) is 0.455. The maximum atomic E-state index is 12.6. The summed E-state index contributed by atoms with van der Waals surface area (Å²) in [5, 5.41) is 18.3. The van der Waals surface area contributed by atoms with Crippen LogP contribution in [0.25, 0.3) is 0 Å². The van der Waals surface area contributed by atoms with Crippen LogP contribution in [0.3, 0.4) is 0 Å². The van der Waals surface area contributed by atoms with E-state index in [1.807, 2.05) is 0 Å². The van der Waals surface area contributed by atoms with Crippen LogP contribution in [0, 0.1) is 0 Å². The largest absolute Gasteiger partial charge is 0.504 e. The third-order valence-electron chi connectivity index (χ3n) is 2.47. The van der Waals surface area contributed by atoms with Gasteiger partial charge in [0, 0.05) is 12.5 Å². The van der Waals surface area contributed by atoms with Crippen molar-refractivity contribution in [2.45, 2.75) is 19.0 Å². The van der Waals surface area contributed by atoms with Crippen molar-refractivity contribution in [3.05, 3.63) is 23.3 Å². The van der Waals surface area contributed by atoms with E-state index in [2.05, 4.69) is 4.74 Å². The van der Waals surface area contributed by atoms with E-state index in [9.17, 15) is 18.3 Å². The molecule has 6 heteroatoms. The molecule has 0 radical (unpaired) electrons. The van der Waals surface area contributed by atoms with E-state index >= 15 is 0 Å². The van der Waals surface area contributed by atoms with Gasteiger partial charge in [-0.2, -0.15) is 13.2 Å². The summed E-state index contributed by atoms with van der Waals surface area (Å²) in [5.41, 5.74) is -0.901. The van der Waals surface area contributed by atoms with Crippen molar-refractivity contribution in [2.75, 3.05) is 13.7 Å². The van der Waals surface area contributed by atoms with E-state index in [1.54, 1.807) is 6.92 Å². The maximum absolute atomic E-state index is 12.6. The van der Waals surface area contributed by atoms with E-state index in [0.717, 1.165) is 6.07 Å². The van der Waals surface area contributed by atoms with Gasteiger partial charge in [-0.1, -0.05) is 6.92 Å². The summed E-state index contributed by atoms with van der Waals surface area (Å²) in [4.78, 5) is 0. The number of ether oxygens (including phenoxy) is 1. The summed E-state index contributed by atoms with van der Waals surface area (Å²) in [6.45, 7) is 1.29. The summed E-state index contributed by atoms with van der Waals surface area (Å²) >= 11 is 0. The normalized spacial score (nSPS) is 13.5. The van der Waals surface area contributed by atoms with Crippen LogP contribution in [0.1, 0.15) is 24.0 Å². The number of aromatic hydroxyl groups is 1. The topological polar surface area (TPSA) is 49.7 Å². The first-order valence-corrected chi connectivity index (χ1v) is 4.90. The van der Waals surface area contributed by atoms with Crippen molar-refractivity contribution in [1.82, 2.24) is 0 Å². The van der Waals surface area contributed by atoms with Crippen LogP contribution >= 0.6 is 0 Å². The van der Waals surface area contributed by atoms with Crippen molar-refractivity contribution in [3.8, 4) is 11.5 Å². The zero-order chi connectivity index (χ0) is 13.2. The molecule has 0 aromatic heterocycles. The van der Waals surface area contributed by atoms with Gasteiger partial charge in [0.15, 0.2) is 11.5 Å². The lowest BCUT2D eigenvalue weighted by molar-refractivity contribution is -0.139. The van der Waals surface area contributed by atoms with Crippen LogP contribution in [0.2, 0.25) is 0 Å². The Hall–Kier alpha value is -1.43. The minimum absolute atomic E-state index is 0.255. The molecule has 3 nitrogen and oxygen atoms in total. The summed E-state index contributed by atoms with van der Waals surface area (Å²) in [6.07, 6.45) is -4.66. The number of benzene rings is 1. The van der Waals surface area contributed by atoms with E-state index in [4.69, 9.17) is 5.11 Å². The van der Waals surface area contributed by atoms with Gasteiger partial charge >= 0.3 is 6.18 Å². The molecule has 2 N–H and O–H groups in total. The van der Waals surface area contributed by atoms with Crippen molar-refractivity contribution < 1.29 is 28.1 Å². The molecule has 0 spiro atoms. The molecule has 0 bridgehead atoms. The van der Waals surface area contributed by atoms with Crippen LogP contribution in [-0.2, 0) is 6.18 Å². The Labute approximate surface area is 96.5 Å². The first-order chi connectivity index (χ1) is 7.81. The fourth-order valence-corrected chi connectivity index (χ4v) is 1.39. The van der Waals surface area contributed by atoms with Crippen LogP contribution in [0.15, 0.2) is 12.1 Å². The summed E-state index contributed by atoms with van der Waals surface area (Å²) in [5.74, 6) is -1.66. The SMILES string of the molecule is COc1cc(C(C)CO)cc(C(F)(F)F)c1O. The van der Waals surface area contributed by atoms with Gasteiger partial charge in [0.05, 0.1) is 7.11 Å². The molecule has 1 rings (SSSR count). The molecular weight excluding hydrogens is 237 g/mol. The minimum Gasteiger partial charge on any atom is -0.504 e. The molecule has 0 fully saturated rings. The average Bonchev–Trinajstić information content (AvgIpc) is 2.26. The highest BCUT2D eigenvalue weighted by molar-refractivity contribution is 5.50. The monoisotopic (exact) mass is 250 g/mol. The quantitative estimate of drug-likeness (QED) is 0.866. The Kier molecular flexibility index (Phi) is 3.87. The van der Waals surface area contributed by atoms with Crippen molar-refractivity contribution in [2.24, 2.45) is 0 Å². The summed E-state index contributed by atoms with van der Waals surface area (Å²) < 4.78 is 42.6. The van der Waals surface area contributed by atoms with Crippen LogP contribution < -0.4 is 4.74 Å². The number of aliphatic hydroxyl groups excluding tert-OH is 1. The molecule has 17 heavy (non-hydrogen) atoms. The summed E-state index contributed by atoms with van der Waals surface area (Å²) in [6, 6.07) is 2.10. The minimum atomic E-state index is -4.66. The van der Waals surface area contributed by atoms with Gasteiger partial charge in [-0.25, -0.2) is 0 Å². The van der Waals surface area contributed by atoms with E-state index in [1.165, 1.54) is 13.2 Å². The summed E-state index contributed by atoms with van der Waals surface area (Å²) in [7, 11) is 1.17. The molecule has 0 saturated carbocycles. The Morgan fingerprint density at radius 1 is 1.35 bits per heavy atom. The smallest absolute Gasteiger partial charge is 0.420 e. The van der Waals surface area contributed by atoms with E-state index in [-0.39, 0.29) is 17.9 Å². The number of halogens is 3. The van der Waals surface area contributed by atoms with Gasteiger partial charge in [-0.3, -0.25) is 0 Å². The second-order valence-corrected chi connectivity index (χ2v) is 3.70. The van der Waals surface area contributed by atoms with Gasteiger partial charge in [0.25, 0.3) is 0 Å². The predicted octanol–water partition coefficient (Wildman–Crippen LogP) is 2.52. The van der Waals surface area contributed by atoms with Gasteiger partial charge < -0.3 is 14.9 Å². The highest BCUT2D eigenvalue weighted by Crippen LogP contribution is 2.42. The number of alkyl halides is 3. The molecule has 0 aliphatic heterocycles. The van der Waals surface area contributed by atoms with Crippen LogP contribution in [-0.4, -0.2) is 23.9 Å². The number of rotatable bonds is 3. The second kappa shape index (κ2) is 4.83.